The van der Waals surface area contributed by atoms with Gasteiger partial charge in [-0.15, -0.1) is 0 Å². The van der Waals surface area contributed by atoms with Crippen molar-refractivity contribution in [3.63, 3.8) is 0 Å². The highest BCUT2D eigenvalue weighted by Gasteiger charge is 2.19. The van der Waals surface area contributed by atoms with Gasteiger partial charge in [0.05, 0.1) is 16.5 Å². The smallest absolute Gasteiger partial charge is 0.302 e. The van der Waals surface area contributed by atoms with Gasteiger partial charge in [-0.2, -0.15) is 0 Å². The number of halogens is 1. The van der Waals surface area contributed by atoms with Gasteiger partial charge < -0.3 is 18.3 Å². The number of aryl methyl sites for hydroxylation is 2. The zero-order chi connectivity index (χ0) is 20.5. The van der Waals surface area contributed by atoms with Gasteiger partial charge in [-0.25, -0.2) is 0 Å². The molecule has 5 nitrogen and oxygen atoms in total. The number of rotatable bonds is 6. The third-order valence-corrected chi connectivity index (χ3v) is 5.45. The van der Waals surface area contributed by atoms with E-state index in [4.69, 9.17) is 18.3 Å². The Morgan fingerprint density at radius 1 is 1.07 bits per heavy atom. The van der Waals surface area contributed by atoms with Gasteiger partial charge in [0.15, 0.2) is 5.58 Å². The molecule has 2 aromatic carbocycles. The maximum Gasteiger partial charge on any atom is 0.302 e. The maximum absolute atomic E-state index is 11.0. The molecular weight excluding hydrogens is 436 g/mol. The quantitative estimate of drug-likeness (QED) is 0.321. The van der Waals surface area contributed by atoms with Crippen LogP contribution in [0.1, 0.15) is 29.6 Å². The Morgan fingerprint density at radius 3 is 2.66 bits per heavy atom. The first-order valence-electron chi connectivity index (χ1n) is 9.38. The van der Waals surface area contributed by atoms with Crippen molar-refractivity contribution in [3.05, 3.63) is 63.5 Å². The van der Waals surface area contributed by atoms with Crippen molar-refractivity contribution >= 4 is 43.8 Å². The molecule has 0 aliphatic heterocycles. The molecule has 29 heavy (non-hydrogen) atoms. The minimum absolute atomic E-state index is 0.282. The number of fused-ring (bicyclic) bond motifs is 3. The number of hydrogen-bond acceptors (Lipinski definition) is 5. The van der Waals surface area contributed by atoms with Crippen molar-refractivity contribution in [3.8, 4) is 5.75 Å². The molecule has 4 rings (SSSR count). The highest BCUT2D eigenvalue weighted by atomic mass is 79.9. The second-order valence-corrected chi connectivity index (χ2v) is 7.81. The summed E-state index contributed by atoms with van der Waals surface area (Å²) in [6.45, 7) is 5.97. The summed E-state index contributed by atoms with van der Waals surface area (Å²) in [6.07, 6.45) is 0.599. The number of hydrogen-bond donors (Lipinski definition) is 0. The molecule has 0 radical (unpaired) electrons. The first kappa shape index (κ1) is 19.6. The van der Waals surface area contributed by atoms with Crippen molar-refractivity contribution in [2.75, 3.05) is 6.61 Å². The van der Waals surface area contributed by atoms with Crippen LogP contribution < -0.4 is 4.74 Å². The summed E-state index contributed by atoms with van der Waals surface area (Å²) in [7, 11) is 0. The Labute approximate surface area is 176 Å². The van der Waals surface area contributed by atoms with Crippen LogP contribution in [0, 0.1) is 13.8 Å². The minimum Gasteiger partial charge on any atom is -0.488 e. The first-order valence-corrected chi connectivity index (χ1v) is 10.2. The molecule has 0 saturated heterocycles. The topological polar surface area (TPSA) is 61.8 Å². The molecule has 2 aromatic heterocycles. The molecule has 0 aliphatic carbocycles. The SMILES string of the molecule is CC(=O)OCCc1ccccc1OCc1c(C)oc2c1cc(Br)c1oc(C)cc12. The van der Waals surface area contributed by atoms with E-state index in [1.54, 1.807) is 0 Å². The number of ether oxygens (including phenoxy) is 2. The lowest BCUT2D eigenvalue weighted by molar-refractivity contribution is -0.140. The Morgan fingerprint density at radius 2 is 1.86 bits per heavy atom. The van der Waals surface area contributed by atoms with E-state index < -0.39 is 0 Å². The van der Waals surface area contributed by atoms with Gasteiger partial charge >= 0.3 is 5.97 Å². The Hall–Kier alpha value is -2.73. The summed E-state index contributed by atoms with van der Waals surface area (Å²) >= 11 is 3.60. The van der Waals surface area contributed by atoms with Gasteiger partial charge in [-0.05, 0) is 53.5 Å². The standard InChI is InChI=1S/C23H21BrO5/c1-13-10-18-22-17(11-20(24)23(18)28-13)19(14(2)29-22)12-27-21-7-5-4-6-16(21)8-9-26-15(3)25/h4-7,10-11H,8-9,12H2,1-3H3. The Bertz CT molecular complexity index is 1200. The van der Waals surface area contributed by atoms with Gasteiger partial charge in [0.2, 0.25) is 0 Å². The molecule has 0 aliphatic rings. The lowest BCUT2D eigenvalue weighted by Crippen LogP contribution is -2.05. The second kappa shape index (κ2) is 7.95. The first-order chi connectivity index (χ1) is 13.9. The fraction of sp³-hybridized carbons (Fsp3) is 0.261. The molecule has 0 atom stereocenters. The monoisotopic (exact) mass is 456 g/mol. The van der Waals surface area contributed by atoms with E-state index in [0.717, 1.165) is 54.8 Å². The van der Waals surface area contributed by atoms with Gasteiger partial charge in [0, 0.05) is 24.3 Å². The van der Waals surface area contributed by atoms with Crippen LogP contribution >= 0.6 is 15.9 Å². The molecule has 6 heteroatoms. The third-order valence-electron chi connectivity index (χ3n) is 4.86. The van der Waals surface area contributed by atoms with Crippen molar-refractivity contribution in [2.45, 2.75) is 33.8 Å². The zero-order valence-electron chi connectivity index (χ0n) is 16.5. The predicted molar refractivity (Wildman–Crippen MR) is 114 cm³/mol. The van der Waals surface area contributed by atoms with E-state index in [2.05, 4.69) is 15.9 Å². The van der Waals surface area contributed by atoms with Crippen LogP contribution in [0.15, 0.2) is 49.7 Å². The van der Waals surface area contributed by atoms with E-state index in [-0.39, 0.29) is 5.97 Å². The summed E-state index contributed by atoms with van der Waals surface area (Å²) in [5, 5.41) is 1.95. The molecule has 0 bridgehead atoms. The van der Waals surface area contributed by atoms with E-state index in [1.807, 2.05) is 50.2 Å². The van der Waals surface area contributed by atoms with Crippen LogP contribution in [-0.4, -0.2) is 12.6 Å². The molecule has 0 unspecified atom stereocenters. The molecule has 0 fully saturated rings. The molecule has 0 saturated carbocycles. The third kappa shape index (κ3) is 3.90. The molecular formula is C23H21BrO5. The van der Waals surface area contributed by atoms with Gasteiger partial charge in [0.1, 0.15) is 29.5 Å². The number of esters is 1. The highest BCUT2D eigenvalue weighted by molar-refractivity contribution is 9.10. The number of carbonyl (C=O) groups is 1. The Balaban J connectivity index is 1.63. The van der Waals surface area contributed by atoms with Gasteiger partial charge in [0.25, 0.3) is 0 Å². The van der Waals surface area contributed by atoms with Crippen LogP contribution in [-0.2, 0) is 22.6 Å². The number of carbonyl (C=O) groups excluding carboxylic acids is 1. The average molecular weight is 457 g/mol. The summed E-state index contributed by atoms with van der Waals surface area (Å²) < 4.78 is 23.9. The number of para-hydroxylation sites is 1. The van der Waals surface area contributed by atoms with Crippen LogP contribution in [0.3, 0.4) is 0 Å². The van der Waals surface area contributed by atoms with Crippen LogP contribution in [0.2, 0.25) is 0 Å². The Kier molecular flexibility index (Phi) is 5.37. The normalized spacial score (nSPS) is 11.3. The van der Waals surface area contributed by atoms with E-state index in [9.17, 15) is 4.79 Å². The number of furan rings is 2. The van der Waals surface area contributed by atoms with Crippen LogP contribution in [0.25, 0.3) is 21.9 Å². The summed E-state index contributed by atoms with van der Waals surface area (Å²) in [5.74, 6) is 2.14. The van der Waals surface area contributed by atoms with Crippen molar-refractivity contribution < 1.29 is 23.1 Å². The minimum atomic E-state index is -0.282. The summed E-state index contributed by atoms with van der Waals surface area (Å²) in [5.41, 5.74) is 3.58. The fourth-order valence-electron chi connectivity index (χ4n) is 3.49. The molecule has 0 N–H and O–H groups in total. The molecule has 0 spiro atoms. The molecule has 150 valence electrons. The lowest BCUT2D eigenvalue weighted by atomic mass is 10.1. The van der Waals surface area contributed by atoms with Crippen molar-refractivity contribution in [2.24, 2.45) is 0 Å². The number of benzene rings is 2. The van der Waals surface area contributed by atoms with Crippen molar-refractivity contribution in [1.29, 1.82) is 0 Å². The summed E-state index contributed by atoms with van der Waals surface area (Å²) in [4.78, 5) is 11.0. The zero-order valence-corrected chi connectivity index (χ0v) is 18.1. The fourth-order valence-corrected chi connectivity index (χ4v) is 4.01. The largest absolute Gasteiger partial charge is 0.488 e. The van der Waals surface area contributed by atoms with Crippen molar-refractivity contribution in [1.82, 2.24) is 0 Å². The molecule has 2 heterocycles. The lowest BCUT2D eigenvalue weighted by Gasteiger charge is -2.11. The predicted octanol–water partition coefficient (Wildman–Crippen LogP) is 6.24. The second-order valence-electron chi connectivity index (χ2n) is 6.96. The van der Waals surface area contributed by atoms with E-state index in [1.165, 1.54) is 6.92 Å². The van der Waals surface area contributed by atoms with Crippen LogP contribution in [0.4, 0.5) is 0 Å². The maximum atomic E-state index is 11.0. The van der Waals surface area contributed by atoms with Gasteiger partial charge in [-0.3, -0.25) is 4.79 Å². The molecule has 0 amide bonds. The van der Waals surface area contributed by atoms with E-state index >= 15 is 0 Å². The van der Waals surface area contributed by atoms with Crippen LogP contribution in [0.5, 0.6) is 5.75 Å². The molecule has 4 aromatic rings. The van der Waals surface area contributed by atoms with Gasteiger partial charge in [-0.1, -0.05) is 18.2 Å². The highest BCUT2D eigenvalue weighted by Crippen LogP contribution is 2.38. The summed E-state index contributed by atoms with van der Waals surface area (Å²) in [6, 6.07) is 11.8. The average Bonchev–Trinajstić information content (AvgIpc) is 3.21. The van der Waals surface area contributed by atoms with E-state index in [0.29, 0.717) is 19.6 Å².